The number of benzene rings is 1. The zero-order valence-electron chi connectivity index (χ0n) is 10.2. The third-order valence-electron chi connectivity index (χ3n) is 2.43. The summed E-state index contributed by atoms with van der Waals surface area (Å²) in [5, 5.41) is 0. The lowest BCUT2D eigenvalue weighted by atomic mass is 10.0. The maximum atomic E-state index is 11.5. The SMILES string of the molecule is COc1cc(C)c(S(C)=O)cc1C[C@@H](C)N. The molecule has 0 radical (unpaired) electrons. The van der Waals surface area contributed by atoms with Gasteiger partial charge < -0.3 is 10.5 Å². The van der Waals surface area contributed by atoms with Crippen LogP contribution in [0.5, 0.6) is 5.75 Å². The second-order valence-corrected chi connectivity index (χ2v) is 5.41. The van der Waals surface area contributed by atoms with Crippen molar-refractivity contribution in [2.75, 3.05) is 13.4 Å². The van der Waals surface area contributed by atoms with Crippen LogP contribution < -0.4 is 10.5 Å². The molecule has 0 aliphatic heterocycles. The van der Waals surface area contributed by atoms with Crippen molar-refractivity contribution in [2.45, 2.75) is 31.2 Å². The van der Waals surface area contributed by atoms with Crippen LogP contribution in [-0.2, 0) is 17.2 Å². The summed E-state index contributed by atoms with van der Waals surface area (Å²) in [6.45, 7) is 3.89. The Morgan fingerprint density at radius 1 is 1.50 bits per heavy atom. The molecule has 0 spiro atoms. The molecule has 90 valence electrons. The summed E-state index contributed by atoms with van der Waals surface area (Å²) < 4.78 is 16.9. The third-order valence-corrected chi connectivity index (χ3v) is 3.49. The summed E-state index contributed by atoms with van der Waals surface area (Å²) in [6.07, 6.45) is 2.41. The first kappa shape index (κ1) is 13.2. The van der Waals surface area contributed by atoms with Crippen LogP contribution in [0.15, 0.2) is 17.0 Å². The molecule has 16 heavy (non-hydrogen) atoms. The number of rotatable bonds is 4. The van der Waals surface area contributed by atoms with Gasteiger partial charge in [0.1, 0.15) is 5.75 Å². The summed E-state index contributed by atoms with van der Waals surface area (Å²) in [4.78, 5) is 0.858. The van der Waals surface area contributed by atoms with Crippen LogP contribution >= 0.6 is 0 Å². The molecular weight excluding hydrogens is 222 g/mol. The van der Waals surface area contributed by atoms with Crippen molar-refractivity contribution in [3.63, 3.8) is 0 Å². The molecule has 0 heterocycles. The summed E-state index contributed by atoms with van der Waals surface area (Å²) in [5.74, 6) is 0.823. The second-order valence-electron chi connectivity index (χ2n) is 4.07. The lowest BCUT2D eigenvalue weighted by Gasteiger charge is -2.14. The quantitative estimate of drug-likeness (QED) is 0.871. The lowest BCUT2D eigenvalue weighted by molar-refractivity contribution is 0.407. The molecule has 0 aromatic heterocycles. The minimum Gasteiger partial charge on any atom is -0.496 e. The van der Waals surface area contributed by atoms with Gasteiger partial charge in [-0.05, 0) is 43.5 Å². The van der Waals surface area contributed by atoms with Crippen molar-refractivity contribution < 1.29 is 8.95 Å². The van der Waals surface area contributed by atoms with Crippen molar-refractivity contribution >= 4 is 10.8 Å². The molecule has 3 nitrogen and oxygen atoms in total. The van der Waals surface area contributed by atoms with E-state index in [4.69, 9.17) is 10.5 Å². The molecule has 1 aromatic rings. The first-order valence-electron chi connectivity index (χ1n) is 5.22. The first-order chi connectivity index (χ1) is 7.45. The lowest BCUT2D eigenvalue weighted by Crippen LogP contribution is -2.18. The summed E-state index contributed by atoms with van der Waals surface area (Å²) in [7, 11) is 0.669. The van der Waals surface area contributed by atoms with Gasteiger partial charge in [-0.3, -0.25) is 4.21 Å². The minimum atomic E-state index is -0.972. The molecule has 0 aliphatic carbocycles. The molecule has 0 saturated carbocycles. The van der Waals surface area contributed by atoms with Crippen LogP contribution in [0.25, 0.3) is 0 Å². The Morgan fingerprint density at radius 2 is 2.12 bits per heavy atom. The van der Waals surface area contributed by atoms with Gasteiger partial charge in [-0.2, -0.15) is 0 Å². The highest BCUT2D eigenvalue weighted by Crippen LogP contribution is 2.26. The van der Waals surface area contributed by atoms with E-state index in [9.17, 15) is 4.21 Å². The van der Waals surface area contributed by atoms with Gasteiger partial charge in [0.05, 0.1) is 17.9 Å². The van der Waals surface area contributed by atoms with Crippen LogP contribution in [0.2, 0.25) is 0 Å². The van der Waals surface area contributed by atoms with E-state index >= 15 is 0 Å². The predicted molar refractivity (Wildman–Crippen MR) is 67.4 cm³/mol. The average molecular weight is 241 g/mol. The molecule has 0 aliphatic rings. The Labute approximate surface area is 99.4 Å². The van der Waals surface area contributed by atoms with Gasteiger partial charge in [0.2, 0.25) is 0 Å². The largest absolute Gasteiger partial charge is 0.496 e. The predicted octanol–water partition coefficient (Wildman–Crippen LogP) is 1.63. The minimum absolute atomic E-state index is 0.0646. The van der Waals surface area contributed by atoms with Gasteiger partial charge in [-0.1, -0.05) is 0 Å². The van der Waals surface area contributed by atoms with Crippen LogP contribution in [0, 0.1) is 6.92 Å². The fourth-order valence-electron chi connectivity index (χ4n) is 1.71. The van der Waals surface area contributed by atoms with Crippen LogP contribution in [0.3, 0.4) is 0 Å². The maximum Gasteiger partial charge on any atom is 0.122 e. The zero-order valence-corrected chi connectivity index (χ0v) is 11.1. The van der Waals surface area contributed by atoms with E-state index in [2.05, 4.69) is 0 Å². The molecule has 2 atom stereocenters. The molecule has 4 heteroatoms. The van der Waals surface area contributed by atoms with E-state index in [-0.39, 0.29) is 6.04 Å². The van der Waals surface area contributed by atoms with Crippen molar-refractivity contribution in [2.24, 2.45) is 5.73 Å². The van der Waals surface area contributed by atoms with E-state index in [1.54, 1.807) is 13.4 Å². The standard InChI is InChI=1S/C12H19NO2S/c1-8-5-11(15-3)10(6-9(2)13)7-12(8)16(4)14/h5,7,9H,6,13H2,1-4H3/t9-,16?/m1/s1. The summed E-state index contributed by atoms with van der Waals surface area (Å²) in [5.41, 5.74) is 7.79. The highest BCUT2D eigenvalue weighted by Gasteiger charge is 2.11. The number of ether oxygens (including phenoxy) is 1. The molecule has 1 unspecified atom stereocenters. The zero-order chi connectivity index (χ0) is 12.3. The Bertz CT molecular complexity index is 402. The van der Waals surface area contributed by atoms with E-state index in [0.29, 0.717) is 0 Å². The molecule has 1 rings (SSSR count). The summed E-state index contributed by atoms with van der Waals surface area (Å²) in [6, 6.07) is 3.93. The normalized spacial score (nSPS) is 14.6. The molecular formula is C12H19NO2S. The summed E-state index contributed by atoms with van der Waals surface area (Å²) >= 11 is 0. The topological polar surface area (TPSA) is 52.3 Å². The monoisotopic (exact) mass is 241 g/mol. The average Bonchev–Trinajstić information content (AvgIpc) is 2.18. The fourth-order valence-corrected chi connectivity index (χ4v) is 2.53. The van der Waals surface area contributed by atoms with Gasteiger partial charge in [-0.25, -0.2) is 0 Å². The number of methoxy groups -OCH3 is 1. The molecule has 0 saturated heterocycles. The van der Waals surface area contributed by atoms with Crippen molar-refractivity contribution in [3.8, 4) is 5.75 Å². The molecule has 1 aromatic carbocycles. The van der Waals surface area contributed by atoms with Gasteiger partial charge in [0.25, 0.3) is 0 Å². The molecule has 0 fully saturated rings. The Morgan fingerprint density at radius 3 is 2.56 bits per heavy atom. The Hall–Kier alpha value is -0.870. The Kier molecular flexibility index (Phi) is 4.50. The molecule has 2 N–H and O–H groups in total. The van der Waals surface area contributed by atoms with Crippen molar-refractivity contribution in [3.05, 3.63) is 23.3 Å². The maximum absolute atomic E-state index is 11.5. The van der Waals surface area contributed by atoms with E-state index in [1.807, 2.05) is 26.0 Å². The Balaban J connectivity index is 3.23. The van der Waals surface area contributed by atoms with Gasteiger partial charge in [0, 0.05) is 17.2 Å². The highest BCUT2D eigenvalue weighted by atomic mass is 32.2. The van der Waals surface area contributed by atoms with E-state index in [0.717, 1.165) is 28.2 Å². The third kappa shape index (κ3) is 3.06. The molecule has 0 amide bonds. The molecule has 0 bridgehead atoms. The van der Waals surface area contributed by atoms with E-state index in [1.165, 1.54) is 0 Å². The van der Waals surface area contributed by atoms with Gasteiger partial charge >= 0.3 is 0 Å². The smallest absolute Gasteiger partial charge is 0.122 e. The van der Waals surface area contributed by atoms with Crippen LogP contribution in [-0.4, -0.2) is 23.6 Å². The number of hydrogen-bond acceptors (Lipinski definition) is 3. The number of hydrogen-bond donors (Lipinski definition) is 1. The van der Waals surface area contributed by atoms with Crippen LogP contribution in [0.1, 0.15) is 18.1 Å². The van der Waals surface area contributed by atoms with Crippen molar-refractivity contribution in [1.82, 2.24) is 0 Å². The first-order valence-corrected chi connectivity index (χ1v) is 6.78. The fraction of sp³-hybridized carbons (Fsp3) is 0.500. The van der Waals surface area contributed by atoms with Gasteiger partial charge in [-0.15, -0.1) is 0 Å². The van der Waals surface area contributed by atoms with Crippen LogP contribution in [0.4, 0.5) is 0 Å². The second kappa shape index (κ2) is 5.46. The van der Waals surface area contributed by atoms with E-state index < -0.39 is 10.8 Å². The number of aryl methyl sites for hydroxylation is 1. The van der Waals surface area contributed by atoms with Crippen molar-refractivity contribution in [1.29, 1.82) is 0 Å². The van der Waals surface area contributed by atoms with Gasteiger partial charge in [0.15, 0.2) is 0 Å². The number of nitrogens with two attached hydrogens (primary N) is 1. The highest BCUT2D eigenvalue weighted by molar-refractivity contribution is 7.84.